The van der Waals surface area contributed by atoms with E-state index >= 15 is 0 Å². The van der Waals surface area contributed by atoms with Crippen molar-refractivity contribution in [3.63, 3.8) is 0 Å². The van der Waals surface area contributed by atoms with Gasteiger partial charge in [0.05, 0.1) is 126 Å². The molecule has 0 bridgehead atoms. The van der Waals surface area contributed by atoms with Gasteiger partial charge in [0, 0.05) is 13.2 Å². The van der Waals surface area contributed by atoms with Crippen molar-refractivity contribution in [2.45, 2.75) is 25.7 Å². The van der Waals surface area contributed by atoms with Gasteiger partial charge in [0.1, 0.15) is 13.2 Å². The standard InChI is InChI=1S/C30H58INO14/c31-5-3-1-2-4-7-36-9-11-38-13-15-40-17-19-42-21-23-44-25-26-45-24-22-43-20-18-41-16-14-39-12-10-37-8-6-32-29(33)27-46-28-30(34)35/h1-28H2,(H,32,33)(H,34,35). The molecule has 2 N–H and O–H groups in total. The number of nitrogens with one attached hydrogen (secondary N) is 1. The minimum Gasteiger partial charge on any atom is -0.480 e. The first-order valence-electron chi connectivity index (χ1n) is 16.1. The van der Waals surface area contributed by atoms with Crippen molar-refractivity contribution in [1.82, 2.24) is 5.32 Å². The largest absolute Gasteiger partial charge is 0.480 e. The Morgan fingerprint density at radius 2 is 0.739 bits per heavy atom. The number of hydrogen-bond donors (Lipinski definition) is 2. The molecule has 0 unspecified atom stereocenters. The van der Waals surface area contributed by atoms with Crippen LogP contribution in [0.1, 0.15) is 25.7 Å². The topological polar surface area (TPSA) is 168 Å². The van der Waals surface area contributed by atoms with Crippen LogP contribution in [0, 0.1) is 0 Å². The van der Waals surface area contributed by atoms with Crippen LogP contribution >= 0.6 is 22.6 Å². The average Bonchev–Trinajstić information content (AvgIpc) is 3.04. The number of unbranched alkanes of at least 4 members (excludes halogenated alkanes) is 3. The second-order valence-corrected chi connectivity index (χ2v) is 10.5. The molecule has 0 atom stereocenters. The number of alkyl halides is 1. The summed E-state index contributed by atoms with van der Waals surface area (Å²) in [5.41, 5.74) is 0. The summed E-state index contributed by atoms with van der Waals surface area (Å²) < 4.78 is 60.4. The number of rotatable bonds is 40. The van der Waals surface area contributed by atoms with Crippen LogP contribution in [0.2, 0.25) is 0 Å². The molecular weight excluding hydrogens is 725 g/mol. The highest BCUT2D eigenvalue weighted by Gasteiger charge is 2.03. The Kier molecular flexibility index (Phi) is 39.7. The minimum absolute atomic E-state index is 0.299. The summed E-state index contributed by atoms with van der Waals surface area (Å²) >= 11 is 2.41. The van der Waals surface area contributed by atoms with Gasteiger partial charge < -0.3 is 62.5 Å². The van der Waals surface area contributed by atoms with E-state index in [0.29, 0.717) is 132 Å². The van der Waals surface area contributed by atoms with E-state index < -0.39 is 18.5 Å². The quantitative estimate of drug-likeness (QED) is 0.0520. The Morgan fingerprint density at radius 1 is 0.413 bits per heavy atom. The van der Waals surface area contributed by atoms with Gasteiger partial charge in [0.25, 0.3) is 0 Å². The minimum atomic E-state index is -1.12. The van der Waals surface area contributed by atoms with E-state index in [9.17, 15) is 9.59 Å². The first-order valence-corrected chi connectivity index (χ1v) is 17.6. The number of amides is 1. The van der Waals surface area contributed by atoms with E-state index in [-0.39, 0.29) is 6.61 Å². The molecule has 0 aromatic heterocycles. The van der Waals surface area contributed by atoms with E-state index in [1.54, 1.807) is 0 Å². The Balaban J connectivity index is 3.08. The molecule has 46 heavy (non-hydrogen) atoms. The van der Waals surface area contributed by atoms with Crippen LogP contribution < -0.4 is 5.32 Å². The number of halogens is 1. The second kappa shape index (κ2) is 40.4. The normalized spacial score (nSPS) is 11.3. The summed E-state index contributed by atoms with van der Waals surface area (Å²) in [5.74, 6) is -1.52. The predicted octanol–water partition coefficient (Wildman–Crippen LogP) is 1.37. The lowest BCUT2D eigenvalue weighted by molar-refractivity contribution is -0.143. The Bertz CT molecular complexity index is 638. The van der Waals surface area contributed by atoms with Crippen LogP contribution in [0.25, 0.3) is 0 Å². The molecule has 0 aliphatic carbocycles. The van der Waals surface area contributed by atoms with E-state index in [2.05, 4.69) is 32.6 Å². The molecular formula is C30H58INO14. The van der Waals surface area contributed by atoms with Crippen LogP contribution in [-0.2, 0) is 61.7 Å². The lowest BCUT2D eigenvalue weighted by Crippen LogP contribution is -2.31. The summed E-state index contributed by atoms with van der Waals surface area (Å²) in [6, 6.07) is 0. The number of aliphatic carboxylic acids is 1. The maximum atomic E-state index is 11.4. The van der Waals surface area contributed by atoms with Crippen molar-refractivity contribution in [3.8, 4) is 0 Å². The van der Waals surface area contributed by atoms with Crippen LogP contribution in [0.15, 0.2) is 0 Å². The zero-order chi connectivity index (χ0) is 33.4. The molecule has 274 valence electrons. The smallest absolute Gasteiger partial charge is 0.329 e. The van der Waals surface area contributed by atoms with E-state index in [0.717, 1.165) is 13.0 Å². The number of ether oxygens (including phenoxy) is 11. The third-order valence-electron chi connectivity index (χ3n) is 5.55. The van der Waals surface area contributed by atoms with Crippen molar-refractivity contribution in [1.29, 1.82) is 0 Å². The molecule has 0 saturated carbocycles. The first kappa shape index (κ1) is 45.2. The van der Waals surface area contributed by atoms with Crippen molar-refractivity contribution in [2.24, 2.45) is 0 Å². The molecule has 0 fully saturated rings. The number of hydrogen-bond acceptors (Lipinski definition) is 13. The van der Waals surface area contributed by atoms with Gasteiger partial charge in [-0.1, -0.05) is 35.4 Å². The highest BCUT2D eigenvalue weighted by molar-refractivity contribution is 14.1. The molecule has 0 rings (SSSR count). The molecule has 0 aromatic rings. The summed E-state index contributed by atoms with van der Waals surface area (Å²) in [6.07, 6.45) is 4.95. The monoisotopic (exact) mass is 783 g/mol. The van der Waals surface area contributed by atoms with Crippen molar-refractivity contribution < 1.29 is 66.8 Å². The Morgan fingerprint density at radius 3 is 1.09 bits per heavy atom. The molecule has 0 aliphatic heterocycles. The zero-order valence-corrected chi connectivity index (χ0v) is 29.6. The van der Waals surface area contributed by atoms with E-state index in [1.165, 1.54) is 23.7 Å². The van der Waals surface area contributed by atoms with E-state index in [1.807, 2.05) is 0 Å². The van der Waals surface area contributed by atoms with Gasteiger partial charge in [-0.3, -0.25) is 4.79 Å². The summed E-state index contributed by atoms with van der Waals surface area (Å²) in [4.78, 5) is 21.6. The van der Waals surface area contributed by atoms with Gasteiger partial charge in [0.15, 0.2) is 0 Å². The molecule has 0 radical (unpaired) electrons. The third kappa shape index (κ3) is 41.3. The number of carboxylic acids is 1. The molecule has 0 aliphatic rings. The highest BCUT2D eigenvalue weighted by atomic mass is 127. The molecule has 0 spiro atoms. The fourth-order valence-electron chi connectivity index (χ4n) is 3.28. The van der Waals surface area contributed by atoms with Gasteiger partial charge >= 0.3 is 5.97 Å². The maximum absolute atomic E-state index is 11.4. The van der Waals surface area contributed by atoms with Gasteiger partial charge in [-0.05, 0) is 17.3 Å². The fourth-order valence-corrected chi connectivity index (χ4v) is 3.82. The molecule has 0 aromatic carbocycles. The lowest BCUT2D eigenvalue weighted by Gasteiger charge is -2.09. The van der Waals surface area contributed by atoms with Crippen molar-refractivity contribution >= 4 is 34.5 Å². The molecule has 15 nitrogen and oxygen atoms in total. The van der Waals surface area contributed by atoms with Crippen LogP contribution in [-0.4, -0.2) is 173 Å². The summed E-state index contributed by atoms with van der Waals surface area (Å²) in [6.45, 7) is 9.59. The van der Waals surface area contributed by atoms with Crippen LogP contribution in [0.3, 0.4) is 0 Å². The van der Waals surface area contributed by atoms with Gasteiger partial charge in [0.2, 0.25) is 5.91 Å². The summed E-state index contributed by atoms with van der Waals surface area (Å²) in [5, 5.41) is 11.0. The predicted molar refractivity (Wildman–Crippen MR) is 177 cm³/mol. The maximum Gasteiger partial charge on any atom is 0.329 e. The third-order valence-corrected chi connectivity index (χ3v) is 6.31. The molecule has 1 amide bonds. The molecule has 0 heterocycles. The number of carbonyl (C=O) groups is 2. The number of carbonyl (C=O) groups excluding carboxylic acids is 1. The van der Waals surface area contributed by atoms with Crippen molar-refractivity contribution in [3.05, 3.63) is 0 Å². The zero-order valence-electron chi connectivity index (χ0n) is 27.4. The van der Waals surface area contributed by atoms with Gasteiger partial charge in [-0.15, -0.1) is 0 Å². The lowest BCUT2D eigenvalue weighted by atomic mass is 10.2. The first-order chi connectivity index (χ1) is 22.7. The average molecular weight is 784 g/mol. The second-order valence-electron chi connectivity index (χ2n) is 9.46. The van der Waals surface area contributed by atoms with Gasteiger partial charge in [-0.2, -0.15) is 0 Å². The van der Waals surface area contributed by atoms with Crippen LogP contribution in [0.4, 0.5) is 0 Å². The highest BCUT2D eigenvalue weighted by Crippen LogP contribution is 2.02. The Labute approximate surface area is 288 Å². The Hall–Kier alpha value is -0.770. The van der Waals surface area contributed by atoms with Gasteiger partial charge in [-0.25, -0.2) is 4.79 Å². The summed E-state index contributed by atoms with van der Waals surface area (Å²) in [7, 11) is 0. The van der Waals surface area contributed by atoms with Crippen LogP contribution in [0.5, 0.6) is 0 Å². The molecule has 0 saturated heterocycles. The number of carboxylic acid groups (broad SMARTS) is 1. The van der Waals surface area contributed by atoms with Crippen molar-refractivity contribution in [2.75, 3.05) is 156 Å². The molecule has 16 heteroatoms. The SMILES string of the molecule is O=C(O)COCC(=O)NCCOCCOCCOCCOCCOCCOCCOCCOCCOCCOCCCCCCI. The van der Waals surface area contributed by atoms with E-state index in [4.69, 9.17) is 52.5 Å². The fraction of sp³-hybridized carbons (Fsp3) is 0.933.